The van der Waals surface area contributed by atoms with Crippen LogP contribution >= 0.6 is 46.6 Å². The van der Waals surface area contributed by atoms with Crippen LogP contribution in [-0.4, -0.2) is 36.6 Å². The zero-order chi connectivity index (χ0) is 25.7. The number of benzene rings is 2. The van der Waals surface area contributed by atoms with Crippen molar-refractivity contribution < 1.29 is 19.4 Å². The number of aliphatic hydroxyl groups excluding tert-OH is 1. The Bertz CT molecular complexity index is 1150. The Morgan fingerprint density at radius 1 is 1.03 bits per heavy atom. The van der Waals surface area contributed by atoms with Crippen LogP contribution in [0.5, 0.6) is 0 Å². The van der Waals surface area contributed by atoms with Gasteiger partial charge in [0.2, 0.25) is 0 Å². The van der Waals surface area contributed by atoms with Crippen LogP contribution in [0.15, 0.2) is 72.1 Å². The molecule has 0 saturated carbocycles. The Hall–Kier alpha value is -1.91. The van der Waals surface area contributed by atoms with Crippen molar-refractivity contribution in [2.75, 3.05) is 11.1 Å². The molecule has 4 atom stereocenters. The van der Waals surface area contributed by atoms with Crippen molar-refractivity contribution in [3.63, 3.8) is 0 Å². The van der Waals surface area contributed by atoms with Crippen molar-refractivity contribution in [3.05, 3.63) is 83.7 Å². The normalized spacial score (nSPS) is 22.2. The van der Waals surface area contributed by atoms with E-state index in [9.17, 15) is 9.90 Å². The SMILES string of the molecule is CC1C(CSc2ncccn2)OC(c2ccc(NC(=O)C(Cl)(Cl)Cl)cc2)OC1c1ccc(CO)cc1. The average Bonchev–Trinajstić information content (AvgIpc) is 2.89. The lowest BCUT2D eigenvalue weighted by molar-refractivity contribution is -0.268. The van der Waals surface area contributed by atoms with Gasteiger partial charge in [-0.25, -0.2) is 9.97 Å². The second kappa shape index (κ2) is 12.1. The quantitative estimate of drug-likeness (QED) is 0.209. The van der Waals surface area contributed by atoms with Crippen LogP contribution in [0.2, 0.25) is 0 Å². The van der Waals surface area contributed by atoms with Crippen LogP contribution in [0.3, 0.4) is 0 Å². The zero-order valence-electron chi connectivity index (χ0n) is 19.2. The lowest BCUT2D eigenvalue weighted by Gasteiger charge is -2.41. The summed E-state index contributed by atoms with van der Waals surface area (Å²) in [7, 11) is 0. The summed E-state index contributed by atoms with van der Waals surface area (Å²) in [6.07, 6.45) is 2.36. The minimum Gasteiger partial charge on any atom is -0.392 e. The molecule has 1 amide bonds. The molecule has 2 N–H and O–H groups in total. The number of hydrogen-bond acceptors (Lipinski definition) is 7. The molecule has 11 heteroatoms. The minimum absolute atomic E-state index is 0.0232. The molecule has 2 aromatic carbocycles. The van der Waals surface area contributed by atoms with Gasteiger partial charge in [0, 0.05) is 35.3 Å². The number of alkyl halides is 3. The van der Waals surface area contributed by atoms with Gasteiger partial charge >= 0.3 is 0 Å². The maximum atomic E-state index is 11.9. The van der Waals surface area contributed by atoms with Gasteiger partial charge in [0.05, 0.1) is 18.8 Å². The number of nitrogens with zero attached hydrogens (tertiary/aromatic N) is 2. The average molecular weight is 569 g/mol. The molecule has 36 heavy (non-hydrogen) atoms. The van der Waals surface area contributed by atoms with Gasteiger partial charge in [0.1, 0.15) is 0 Å². The van der Waals surface area contributed by atoms with E-state index in [0.29, 0.717) is 16.6 Å². The highest BCUT2D eigenvalue weighted by Crippen LogP contribution is 2.43. The molecule has 0 spiro atoms. The summed E-state index contributed by atoms with van der Waals surface area (Å²) in [5, 5.41) is 12.6. The molecule has 190 valence electrons. The first-order chi connectivity index (χ1) is 17.2. The van der Waals surface area contributed by atoms with E-state index in [1.165, 1.54) is 11.8 Å². The molecule has 4 rings (SSSR count). The first-order valence-electron chi connectivity index (χ1n) is 11.1. The van der Waals surface area contributed by atoms with Gasteiger partial charge < -0.3 is 19.9 Å². The van der Waals surface area contributed by atoms with Crippen molar-refractivity contribution in [1.29, 1.82) is 0 Å². The van der Waals surface area contributed by atoms with Gasteiger partial charge in [0.25, 0.3) is 9.70 Å². The summed E-state index contributed by atoms with van der Waals surface area (Å²) in [6, 6.07) is 16.5. The van der Waals surface area contributed by atoms with Gasteiger partial charge in [-0.15, -0.1) is 0 Å². The third-order valence-electron chi connectivity index (χ3n) is 5.74. The topological polar surface area (TPSA) is 93.6 Å². The Morgan fingerprint density at radius 2 is 1.67 bits per heavy atom. The summed E-state index contributed by atoms with van der Waals surface area (Å²) < 4.78 is 10.8. The van der Waals surface area contributed by atoms with Gasteiger partial charge in [-0.2, -0.15) is 0 Å². The predicted octanol–water partition coefficient (Wildman–Crippen LogP) is 5.86. The van der Waals surface area contributed by atoms with E-state index in [0.717, 1.165) is 16.7 Å². The summed E-state index contributed by atoms with van der Waals surface area (Å²) in [6.45, 7) is 2.07. The fraction of sp³-hybridized carbons (Fsp3) is 0.320. The second-order valence-corrected chi connectivity index (χ2v) is 11.5. The maximum Gasteiger partial charge on any atom is 0.276 e. The number of ether oxygens (including phenoxy) is 2. The van der Waals surface area contributed by atoms with Gasteiger partial charge in [0.15, 0.2) is 11.4 Å². The predicted molar refractivity (Wildman–Crippen MR) is 141 cm³/mol. The largest absolute Gasteiger partial charge is 0.392 e. The number of anilines is 1. The lowest BCUT2D eigenvalue weighted by atomic mass is 9.91. The minimum atomic E-state index is -2.06. The summed E-state index contributed by atoms with van der Waals surface area (Å²) in [4.78, 5) is 20.5. The van der Waals surface area contributed by atoms with Crippen LogP contribution < -0.4 is 5.32 Å². The maximum absolute atomic E-state index is 11.9. The highest BCUT2D eigenvalue weighted by molar-refractivity contribution is 7.99. The number of halogens is 3. The van der Waals surface area contributed by atoms with Crippen LogP contribution in [0.4, 0.5) is 5.69 Å². The highest BCUT2D eigenvalue weighted by Gasteiger charge is 2.38. The molecule has 4 unspecified atom stereocenters. The van der Waals surface area contributed by atoms with Crippen LogP contribution in [0.1, 0.15) is 36.0 Å². The van der Waals surface area contributed by atoms with Crippen molar-refractivity contribution in [3.8, 4) is 0 Å². The van der Waals surface area contributed by atoms with Crippen molar-refractivity contribution in [1.82, 2.24) is 9.97 Å². The number of hydrogen-bond donors (Lipinski definition) is 2. The number of aromatic nitrogens is 2. The fourth-order valence-corrected chi connectivity index (χ4v) is 4.86. The van der Waals surface area contributed by atoms with Gasteiger partial charge in [-0.1, -0.05) is 89.9 Å². The lowest BCUT2D eigenvalue weighted by Crippen LogP contribution is -2.38. The number of carbonyl (C=O) groups is 1. The Balaban J connectivity index is 1.55. The van der Waals surface area contributed by atoms with Crippen molar-refractivity contribution in [2.45, 2.75) is 41.0 Å². The van der Waals surface area contributed by atoms with E-state index in [-0.39, 0.29) is 24.7 Å². The Kier molecular flexibility index (Phi) is 9.11. The molecule has 3 aromatic rings. The molecular weight excluding hydrogens is 545 g/mol. The number of amides is 1. The van der Waals surface area contributed by atoms with Gasteiger partial charge in [-0.3, -0.25) is 4.79 Å². The molecule has 1 aromatic heterocycles. The smallest absolute Gasteiger partial charge is 0.276 e. The first kappa shape index (κ1) is 27.1. The first-order valence-corrected chi connectivity index (χ1v) is 13.2. The molecule has 1 saturated heterocycles. The fourth-order valence-electron chi connectivity index (χ4n) is 3.75. The zero-order valence-corrected chi connectivity index (χ0v) is 22.3. The van der Waals surface area contributed by atoms with E-state index < -0.39 is 16.0 Å². The van der Waals surface area contributed by atoms with Crippen LogP contribution in [-0.2, 0) is 20.9 Å². The molecule has 1 aliphatic heterocycles. The summed E-state index contributed by atoms with van der Waals surface area (Å²) in [5.74, 6) is -0.0839. The third-order valence-corrected chi connectivity index (χ3v) is 7.22. The van der Waals surface area contributed by atoms with Gasteiger partial charge in [-0.05, 0) is 29.3 Å². The van der Waals surface area contributed by atoms with Crippen molar-refractivity contribution in [2.24, 2.45) is 5.92 Å². The Labute approximate surface area is 228 Å². The van der Waals surface area contributed by atoms with E-state index in [1.54, 1.807) is 42.7 Å². The molecule has 2 heterocycles. The Morgan fingerprint density at radius 3 is 2.28 bits per heavy atom. The van der Waals surface area contributed by atoms with E-state index >= 15 is 0 Å². The second-order valence-electron chi connectivity index (χ2n) is 8.24. The standard InChI is InChI=1S/C25H24Cl3N3O4S/c1-15-20(14-36-24-29-11-2-12-30-24)34-22(35-21(15)17-5-3-16(13-32)4-6-17)18-7-9-19(10-8-18)31-23(33)25(26,27)28/h2-12,15,20-22,32H,13-14H2,1H3,(H,31,33). The number of carbonyl (C=O) groups excluding carboxylic acids is 1. The third kappa shape index (κ3) is 6.89. The van der Waals surface area contributed by atoms with Crippen LogP contribution in [0.25, 0.3) is 0 Å². The summed E-state index contributed by atoms with van der Waals surface area (Å²) >= 11 is 18.4. The molecule has 0 aliphatic carbocycles. The number of nitrogens with one attached hydrogen (secondary N) is 1. The molecule has 1 aliphatic rings. The molecule has 0 radical (unpaired) electrons. The van der Waals surface area contributed by atoms with E-state index in [2.05, 4.69) is 22.2 Å². The number of rotatable bonds is 7. The monoisotopic (exact) mass is 567 g/mol. The molecule has 7 nitrogen and oxygen atoms in total. The summed E-state index contributed by atoms with van der Waals surface area (Å²) in [5.41, 5.74) is 3.07. The van der Waals surface area contributed by atoms with E-state index in [4.69, 9.17) is 44.3 Å². The van der Waals surface area contributed by atoms with Crippen molar-refractivity contribution >= 4 is 58.2 Å². The molecule has 1 fully saturated rings. The highest BCUT2D eigenvalue weighted by atomic mass is 35.6. The van der Waals surface area contributed by atoms with Crippen LogP contribution in [0, 0.1) is 5.92 Å². The van der Waals surface area contributed by atoms with E-state index in [1.807, 2.05) is 24.3 Å². The molecule has 0 bridgehead atoms. The number of aliphatic hydroxyl groups is 1. The number of thioether (sulfide) groups is 1. The molecular formula is C25H24Cl3N3O4S.